The average molecular weight is 206 g/mol. The van der Waals surface area contributed by atoms with E-state index >= 15 is 0 Å². The molecule has 0 aliphatic carbocycles. The van der Waals surface area contributed by atoms with Crippen molar-refractivity contribution >= 4 is 5.95 Å². The van der Waals surface area contributed by atoms with E-state index in [4.69, 9.17) is 5.73 Å². The number of anilines is 1. The minimum atomic E-state index is 0.801. The SMILES string of the molecule is NCCC1CCN(c2ncccn2)CC1. The first-order valence-electron chi connectivity index (χ1n) is 5.62. The fourth-order valence-corrected chi connectivity index (χ4v) is 2.11. The lowest BCUT2D eigenvalue weighted by Gasteiger charge is -2.31. The van der Waals surface area contributed by atoms with Crippen LogP contribution in [0.15, 0.2) is 18.5 Å². The zero-order valence-electron chi connectivity index (χ0n) is 8.97. The first-order valence-corrected chi connectivity index (χ1v) is 5.62. The molecule has 1 aliphatic rings. The van der Waals surface area contributed by atoms with Gasteiger partial charge in [-0.15, -0.1) is 0 Å². The van der Waals surface area contributed by atoms with E-state index < -0.39 is 0 Å². The zero-order valence-corrected chi connectivity index (χ0v) is 8.97. The molecule has 82 valence electrons. The Hall–Kier alpha value is -1.16. The van der Waals surface area contributed by atoms with Gasteiger partial charge in [-0.1, -0.05) is 0 Å². The molecule has 1 fully saturated rings. The van der Waals surface area contributed by atoms with E-state index in [9.17, 15) is 0 Å². The maximum absolute atomic E-state index is 5.57. The molecular weight excluding hydrogens is 188 g/mol. The van der Waals surface area contributed by atoms with Crippen molar-refractivity contribution in [2.24, 2.45) is 11.7 Å². The molecule has 4 nitrogen and oxygen atoms in total. The Morgan fingerprint density at radius 3 is 2.53 bits per heavy atom. The molecule has 2 rings (SSSR count). The van der Waals surface area contributed by atoms with Crippen molar-refractivity contribution in [2.45, 2.75) is 19.3 Å². The maximum Gasteiger partial charge on any atom is 0.225 e. The summed E-state index contributed by atoms with van der Waals surface area (Å²) in [5.74, 6) is 1.67. The molecule has 1 saturated heterocycles. The Morgan fingerprint density at radius 1 is 1.27 bits per heavy atom. The third-order valence-corrected chi connectivity index (χ3v) is 3.02. The van der Waals surface area contributed by atoms with Gasteiger partial charge in [-0.2, -0.15) is 0 Å². The molecule has 0 spiro atoms. The van der Waals surface area contributed by atoms with Gasteiger partial charge in [0.1, 0.15) is 0 Å². The van der Waals surface area contributed by atoms with Crippen molar-refractivity contribution in [1.82, 2.24) is 9.97 Å². The van der Waals surface area contributed by atoms with Crippen LogP contribution in [-0.2, 0) is 0 Å². The van der Waals surface area contributed by atoms with E-state index in [1.807, 2.05) is 6.07 Å². The molecule has 0 atom stereocenters. The summed E-state index contributed by atoms with van der Waals surface area (Å²) < 4.78 is 0. The number of aromatic nitrogens is 2. The summed E-state index contributed by atoms with van der Waals surface area (Å²) in [4.78, 5) is 10.8. The van der Waals surface area contributed by atoms with Crippen LogP contribution in [0.4, 0.5) is 5.95 Å². The zero-order chi connectivity index (χ0) is 10.5. The van der Waals surface area contributed by atoms with Crippen LogP contribution in [0.3, 0.4) is 0 Å². The Bertz CT molecular complexity index is 280. The lowest BCUT2D eigenvalue weighted by molar-refractivity contribution is 0.383. The Kier molecular flexibility index (Phi) is 3.50. The highest BCUT2D eigenvalue weighted by atomic mass is 15.2. The lowest BCUT2D eigenvalue weighted by atomic mass is 9.94. The van der Waals surface area contributed by atoms with E-state index in [1.165, 1.54) is 12.8 Å². The van der Waals surface area contributed by atoms with Gasteiger partial charge in [0.25, 0.3) is 0 Å². The van der Waals surface area contributed by atoms with Crippen LogP contribution < -0.4 is 10.6 Å². The first-order chi connectivity index (χ1) is 7.40. The monoisotopic (exact) mass is 206 g/mol. The molecule has 0 bridgehead atoms. The van der Waals surface area contributed by atoms with Gasteiger partial charge in [0.05, 0.1) is 0 Å². The summed E-state index contributed by atoms with van der Waals surface area (Å²) in [5, 5.41) is 0. The molecule has 2 N–H and O–H groups in total. The maximum atomic E-state index is 5.57. The van der Waals surface area contributed by atoms with Crippen molar-refractivity contribution in [3.8, 4) is 0 Å². The summed E-state index contributed by atoms with van der Waals surface area (Å²) in [6.07, 6.45) is 7.19. The van der Waals surface area contributed by atoms with Crippen LogP contribution in [0.2, 0.25) is 0 Å². The first kappa shape index (κ1) is 10.4. The molecule has 0 unspecified atom stereocenters. The second-order valence-electron chi connectivity index (χ2n) is 4.06. The molecule has 1 aromatic heterocycles. The Balaban J connectivity index is 1.88. The summed E-state index contributed by atoms with van der Waals surface area (Å²) >= 11 is 0. The van der Waals surface area contributed by atoms with Gasteiger partial charge < -0.3 is 10.6 Å². The summed E-state index contributed by atoms with van der Waals surface area (Å²) in [7, 11) is 0. The van der Waals surface area contributed by atoms with Gasteiger partial charge in [-0.05, 0) is 37.8 Å². The van der Waals surface area contributed by atoms with E-state index in [-0.39, 0.29) is 0 Å². The number of nitrogens with zero attached hydrogens (tertiary/aromatic N) is 3. The van der Waals surface area contributed by atoms with Gasteiger partial charge in [0.15, 0.2) is 0 Å². The van der Waals surface area contributed by atoms with Gasteiger partial charge in [-0.25, -0.2) is 9.97 Å². The molecule has 15 heavy (non-hydrogen) atoms. The highest BCUT2D eigenvalue weighted by molar-refractivity contribution is 5.28. The third kappa shape index (κ3) is 2.65. The second kappa shape index (κ2) is 5.07. The number of nitrogens with two attached hydrogens (primary N) is 1. The fourth-order valence-electron chi connectivity index (χ4n) is 2.11. The molecule has 0 saturated carbocycles. The number of piperidine rings is 1. The van der Waals surface area contributed by atoms with Crippen LogP contribution in [0.5, 0.6) is 0 Å². The molecule has 4 heteroatoms. The quantitative estimate of drug-likeness (QED) is 0.803. The van der Waals surface area contributed by atoms with Crippen molar-refractivity contribution in [3.05, 3.63) is 18.5 Å². The van der Waals surface area contributed by atoms with Gasteiger partial charge >= 0.3 is 0 Å². The van der Waals surface area contributed by atoms with Gasteiger partial charge in [0, 0.05) is 25.5 Å². The Morgan fingerprint density at radius 2 is 1.93 bits per heavy atom. The van der Waals surface area contributed by atoms with Crippen molar-refractivity contribution in [3.63, 3.8) is 0 Å². The van der Waals surface area contributed by atoms with Gasteiger partial charge in [0.2, 0.25) is 5.95 Å². The van der Waals surface area contributed by atoms with Crippen LogP contribution in [-0.4, -0.2) is 29.6 Å². The van der Waals surface area contributed by atoms with E-state index in [0.29, 0.717) is 0 Å². The molecule has 1 aliphatic heterocycles. The smallest absolute Gasteiger partial charge is 0.225 e. The minimum absolute atomic E-state index is 0.801. The van der Waals surface area contributed by atoms with Crippen molar-refractivity contribution in [1.29, 1.82) is 0 Å². The molecule has 1 aromatic rings. The molecular formula is C11H18N4. The van der Waals surface area contributed by atoms with Crippen molar-refractivity contribution in [2.75, 3.05) is 24.5 Å². The van der Waals surface area contributed by atoms with Crippen molar-refractivity contribution < 1.29 is 0 Å². The molecule has 0 amide bonds. The van der Waals surface area contributed by atoms with Gasteiger partial charge in [-0.3, -0.25) is 0 Å². The summed E-state index contributed by atoms with van der Waals surface area (Å²) in [5.41, 5.74) is 5.57. The Labute approximate surface area is 90.5 Å². The van der Waals surface area contributed by atoms with E-state index in [1.54, 1.807) is 12.4 Å². The number of hydrogen-bond acceptors (Lipinski definition) is 4. The molecule has 0 aromatic carbocycles. The van der Waals surface area contributed by atoms with Crippen LogP contribution in [0.1, 0.15) is 19.3 Å². The lowest BCUT2D eigenvalue weighted by Crippen LogP contribution is -2.35. The molecule has 2 heterocycles. The average Bonchev–Trinajstić information content (AvgIpc) is 2.32. The van der Waals surface area contributed by atoms with E-state index in [0.717, 1.165) is 37.9 Å². The predicted molar refractivity (Wildman–Crippen MR) is 60.6 cm³/mol. The normalized spacial score (nSPS) is 18.1. The highest BCUT2D eigenvalue weighted by Crippen LogP contribution is 2.21. The van der Waals surface area contributed by atoms with E-state index in [2.05, 4.69) is 14.9 Å². The predicted octanol–water partition coefficient (Wildman–Crippen LogP) is 1.04. The summed E-state index contributed by atoms with van der Waals surface area (Å²) in [6, 6.07) is 1.85. The minimum Gasteiger partial charge on any atom is -0.341 e. The fraction of sp³-hybridized carbons (Fsp3) is 0.636. The van der Waals surface area contributed by atoms with Crippen LogP contribution in [0.25, 0.3) is 0 Å². The molecule has 0 radical (unpaired) electrons. The topological polar surface area (TPSA) is 55.0 Å². The number of hydrogen-bond donors (Lipinski definition) is 1. The second-order valence-corrected chi connectivity index (χ2v) is 4.06. The number of rotatable bonds is 3. The summed E-state index contributed by atoms with van der Waals surface area (Å²) in [6.45, 7) is 2.94. The largest absolute Gasteiger partial charge is 0.341 e. The third-order valence-electron chi connectivity index (χ3n) is 3.02. The van der Waals surface area contributed by atoms with Crippen LogP contribution in [0, 0.1) is 5.92 Å². The standard InChI is InChI=1S/C11H18N4/c12-5-2-10-3-8-15(9-4-10)11-13-6-1-7-14-11/h1,6-7,10H,2-5,8-9,12H2. The highest BCUT2D eigenvalue weighted by Gasteiger charge is 2.19. The van der Waals surface area contributed by atoms with Crippen LogP contribution >= 0.6 is 0 Å².